The van der Waals surface area contributed by atoms with E-state index in [0.717, 1.165) is 23.4 Å². The van der Waals surface area contributed by atoms with Gasteiger partial charge >= 0.3 is 0 Å². The summed E-state index contributed by atoms with van der Waals surface area (Å²) < 4.78 is 0. The molecule has 0 bridgehead atoms. The minimum atomic E-state index is -0.101. The van der Waals surface area contributed by atoms with E-state index in [1.807, 2.05) is 24.3 Å². The number of hydrogen-bond donors (Lipinski definition) is 2. The van der Waals surface area contributed by atoms with Crippen molar-refractivity contribution in [2.45, 2.75) is 37.1 Å². The Labute approximate surface area is 122 Å². The van der Waals surface area contributed by atoms with Crippen LogP contribution in [0.3, 0.4) is 0 Å². The molecule has 0 amide bonds. The number of aromatic nitrogens is 2. The third kappa shape index (κ3) is 4.13. The molecular weight excluding hydrogens is 270 g/mol. The molecule has 1 unspecified atom stereocenters. The quantitative estimate of drug-likeness (QED) is 0.504. The van der Waals surface area contributed by atoms with Crippen LogP contribution in [0.15, 0.2) is 40.3 Å². The summed E-state index contributed by atoms with van der Waals surface area (Å²) in [5.74, 6) is 0. The van der Waals surface area contributed by atoms with Gasteiger partial charge in [-0.2, -0.15) is 0 Å². The van der Waals surface area contributed by atoms with Crippen molar-refractivity contribution in [3.8, 4) is 0 Å². The molecule has 0 saturated heterocycles. The second-order valence-electron chi connectivity index (χ2n) is 4.80. The van der Waals surface area contributed by atoms with E-state index in [1.165, 1.54) is 0 Å². The number of anilines is 1. The zero-order chi connectivity index (χ0) is 14.5. The summed E-state index contributed by atoms with van der Waals surface area (Å²) in [6.07, 6.45) is 1.68. The number of rotatable bonds is 5. The fraction of sp³-hybridized carbons (Fsp3) is 0.333. The van der Waals surface area contributed by atoms with Gasteiger partial charge in [0.05, 0.1) is 5.69 Å². The van der Waals surface area contributed by atoms with Gasteiger partial charge in [-0.05, 0) is 24.1 Å². The molecule has 1 aromatic carbocycles. The number of nitrogens with one attached hydrogen (secondary N) is 1. The lowest BCUT2D eigenvalue weighted by Crippen LogP contribution is -2.11. The van der Waals surface area contributed by atoms with E-state index in [1.54, 1.807) is 17.8 Å². The van der Waals surface area contributed by atoms with Gasteiger partial charge in [-0.15, -0.1) is 0 Å². The lowest BCUT2D eigenvalue weighted by Gasteiger charge is -2.08. The van der Waals surface area contributed by atoms with E-state index in [9.17, 15) is 4.79 Å². The first kappa shape index (κ1) is 14.7. The normalized spacial score (nSPS) is 12.3. The molecule has 1 atom stereocenters. The summed E-state index contributed by atoms with van der Waals surface area (Å²) in [4.78, 5) is 19.0. The predicted molar refractivity (Wildman–Crippen MR) is 84.1 cm³/mol. The molecule has 0 aliphatic carbocycles. The lowest BCUT2D eigenvalue weighted by molar-refractivity contribution is 0.853. The second-order valence-corrected chi connectivity index (χ2v) is 6.22. The monoisotopic (exact) mass is 289 g/mol. The number of benzene rings is 1. The van der Waals surface area contributed by atoms with Gasteiger partial charge in [0.15, 0.2) is 5.16 Å². The average Bonchev–Trinajstić information content (AvgIpc) is 2.40. The first-order valence-electron chi connectivity index (χ1n) is 6.68. The Kier molecular flexibility index (Phi) is 4.84. The van der Waals surface area contributed by atoms with Crippen LogP contribution in [0.1, 0.15) is 31.5 Å². The average molecular weight is 289 g/mol. The van der Waals surface area contributed by atoms with Crippen LogP contribution in [-0.2, 0) is 6.42 Å². The Bertz CT molecular complexity index is 622. The number of thioether (sulfide) groups is 1. The van der Waals surface area contributed by atoms with Crippen molar-refractivity contribution in [3.05, 3.63) is 51.9 Å². The summed E-state index contributed by atoms with van der Waals surface area (Å²) in [5.41, 5.74) is 8.18. The molecule has 0 aliphatic heterocycles. The van der Waals surface area contributed by atoms with E-state index in [4.69, 9.17) is 5.73 Å². The number of nitrogens with zero attached hydrogens (tertiary/aromatic N) is 1. The predicted octanol–water partition coefficient (Wildman–Crippen LogP) is 2.83. The highest BCUT2D eigenvalue weighted by atomic mass is 32.2. The van der Waals surface area contributed by atoms with Gasteiger partial charge in [-0.25, -0.2) is 4.98 Å². The maximum absolute atomic E-state index is 11.7. The molecule has 0 saturated carbocycles. The van der Waals surface area contributed by atoms with Gasteiger partial charge in [0, 0.05) is 23.4 Å². The number of nitrogen functional groups attached to an aromatic ring is 1. The molecule has 5 heteroatoms. The van der Waals surface area contributed by atoms with Crippen molar-refractivity contribution in [1.82, 2.24) is 9.97 Å². The SMILES string of the molecule is CCC(C)Sc1nc(Cc2ccc(N)cc2)cc(=O)[nH]1. The van der Waals surface area contributed by atoms with Gasteiger partial charge < -0.3 is 10.7 Å². The highest BCUT2D eigenvalue weighted by molar-refractivity contribution is 7.99. The zero-order valence-corrected chi connectivity index (χ0v) is 12.5. The van der Waals surface area contributed by atoms with E-state index in [0.29, 0.717) is 16.8 Å². The van der Waals surface area contributed by atoms with Gasteiger partial charge in [0.1, 0.15) is 0 Å². The molecule has 2 aromatic rings. The Hall–Kier alpha value is -1.75. The smallest absolute Gasteiger partial charge is 0.251 e. The van der Waals surface area contributed by atoms with Gasteiger partial charge in [-0.1, -0.05) is 37.7 Å². The first-order valence-corrected chi connectivity index (χ1v) is 7.56. The van der Waals surface area contributed by atoms with Crippen LogP contribution in [-0.4, -0.2) is 15.2 Å². The maximum Gasteiger partial charge on any atom is 0.251 e. The fourth-order valence-corrected chi connectivity index (χ4v) is 2.63. The van der Waals surface area contributed by atoms with Crippen LogP contribution in [0, 0.1) is 0 Å². The number of hydrogen-bond acceptors (Lipinski definition) is 4. The number of aromatic amines is 1. The molecular formula is C15H19N3OS. The molecule has 3 N–H and O–H groups in total. The van der Waals surface area contributed by atoms with Gasteiger partial charge in [-0.3, -0.25) is 4.79 Å². The van der Waals surface area contributed by atoms with Crippen molar-refractivity contribution in [2.24, 2.45) is 0 Å². The highest BCUT2D eigenvalue weighted by Crippen LogP contribution is 2.20. The molecule has 0 fully saturated rings. The second kappa shape index (κ2) is 6.61. The Morgan fingerprint density at radius 2 is 2.05 bits per heavy atom. The Morgan fingerprint density at radius 1 is 1.35 bits per heavy atom. The number of nitrogens with two attached hydrogens (primary N) is 1. The van der Waals surface area contributed by atoms with Crippen LogP contribution >= 0.6 is 11.8 Å². The lowest BCUT2D eigenvalue weighted by atomic mass is 10.1. The van der Waals surface area contributed by atoms with E-state index >= 15 is 0 Å². The van der Waals surface area contributed by atoms with Gasteiger partial charge in [0.2, 0.25) is 0 Å². The van der Waals surface area contributed by atoms with Crippen molar-refractivity contribution in [3.63, 3.8) is 0 Å². The van der Waals surface area contributed by atoms with E-state index in [-0.39, 0.29) is 5.56 Å². The molecule has 1 heterocycles. The molecule has 0 radical (unpaired) electrons. The molecule has 2 rings (SSSR count). The summed E-state index contributed by atoms with van der Waals surface area (Å²) in [7, 11) is 0. The molecule has 20 heavy (non-hydrogen) atoms. The fourth-order valence-electron chi connectivity index (χ4n) is 1.75. The minimum Gasteiger partial charge on any atom is -0.399 e. The van der Waals surface area contributed by atoms with Gasteiger partial charge in [0.25, 0.3) is 5.56 Å². The molecule has 106 valence electrons. The van der Waals surface area contributed by atoms with E-state index < -0.39 is 0 Å². The first-order chi connectivity index (χ1) is 9.56. The number of H-pyrrole nitrogens is 1. The van der Waals surface area contributed by atoms with Crippen LogP contribution in [0.5, 0.6) is 0 Å². The van der Waals surface area contributed by atoms with Crippen molar-refractivity contribution in [2.75, 3.05) is 5.73 Å². The molecule has 0 spiro atoms. The highest BCUT2D eigenvalue weighted by Gasteiger charge is 2.07. The summed E-state index contributed by atoms with van der Waals surface area (Å²) >= 11 is 1.60. The topological polar surface area (TPSA) is 71.8 Å². The molecule has 0 aliphatic rings. The zero-order valence-electron chi connectivity index (χ0n) is 11.7. The summed E-state index contributed by atoms with van der Waals surface area (Å²) in [6.45, 7) is 4.24. The van der Waals surface area contributed by atoms with Crippen LogP contribution in [0.25, 0.3) is 0 Å². The largest absolute Gasteiger partial charge is 0.399 e. The Balaban J connectivity index is 2.19. The van der Waals surface area contributed by atoms with Crippen molar-refractivity contribution in [1.29, 1.82) is 0 Å². The van der Waals surface area contributed by atoms with Crippen LogP contribution < -0.4 is 11.3 Å². The van der Waals surface area contributed by atoms with E-state index in [2.05, 4.69) is 23.8 Å². The summed E-state index contributed by atoms with van der Waals surface area (Å²) in [5, 5.41) is 1.13. The van der Waals surface area contributed by atoms with Crippen LogP contribution in [0.4, 0.5) is 5.69 Å². The standard InChI is InChI=1S/C15H19N3OS/c1-3-10(2)20-15-17-13(9-14(19)18-15)8-11-4-6-12(16)7-5-11/h4-7,9-10H,3,8,16H2,1-2H3,(H,17,18,19). The minimum absolute atomic E-state index is 0.101. The van der Waals surface area contributed by atoms with Crippen molar-refractivity contribution >= 4 is 17.4 Å². The molecule has 1 aromatic heterocycles. The third-order valence-corrected chi connectivity index (χ3v) is 4.18. The maximum atomic E-state index is 11.7. The molecule has 4 nitrogen and oxygen atoms in total. The Morgan fingerprint density at radius 3 is 2.70 bits per heavy atom. The third-order valence-electron chi connectivity index (χ3n) is 3.03. The summed E-state index contributed by atoms with van der Waals surface area (Å²) in [6, 6.07) is 9.19. The van der Waals surface area contributed by atoms with Crippen molar-refractivity contribution < 1.29 is 0 Å². The van der Waals surface area contributed by atoms with Crippen LogP contribution in [0.2, 0.25) is 0 Å².